The minimum absolute atomic E-state index is 0.0979. The number of nitrogens with one attached hydrogen (secondary N) is 2. The first-order chi connectivity index (χ1) is 15.6. The standard InChI is InChI=1S/C25H34FN3O3/c1-2-8-24(30)32-27-15-17-16-29(19-11-6-7-12-19)23-14-22(21(26)13-20(23)25(17)31)28-18-9-4-3-5-10-18/h13-14,16,18-19,27-28H,2-12,15H2,1H3. The van der Waals surface area contributed by atoms with Crippen molar-refractivity contribution in [1.29, 1.82) is 0 Å². The van der Waals surface area contributed by atoms with Crippen LogP contribution < -0.4 is 16.2 Å². The van der Waals surface area contributed by atoms with Gasteiger partial charge in [0, 0.05) is 35.7 Å². The number of halogens is 1. The van der Waals surface area contributed by atoms with Gasteiger partial charge in [-0.05, 0) is 44.2 Å². The topological polar surface area (TPSA) is 72.4 Å². The molecule has 1 heterocycles. The fourth-order valence-electron chi connectivity index (χ4n) is 5.06. The van der Waals surface area contributed by atoms with E-state index in [1.165, 1.54) is 25.3 Å². The van der Waals surface area contributed by atoms with E-state index >= 15 is 4.39 Å². The Kier molecular flexibility index (Phi) is 7.45. The molecule has 0 saturated heterocycles. The van der Waals surface area contributed by atoms with Crippen molar-refractivity contribution in [2.45, 2.75) is 96.2 Å². The predicted octanol–water partition coefficient (Wildman–Crippen LogP) is 5.35. The number of carbonyl (C=O) groups excluding carboxylic acids is 1. The first-order valence-electron chi connectivity index (χ1n) is 12.1. The number of carbonyl (C=O) groups is 1. The van der Waals surface area contributed by atoms with E-state index in [1.807, 2.05) is 19.2 Å². The summed E-state index contributed by atoms with van der Waals surface area (Å²) >= 11 is 0. The van der Waals surface area contributed by atoms with E-state index < -0.39 is 5.82 Å². The zero-order valence-corrected chi connectivity index (χ0v) is 18.9. The Balaban J connectivity index is 1.67. The number of nitrogens with zero attached hydrogens (tertiary/aromatic N) is 1. The molecular weight excluding hydrogens is 409 g/mol. The molecule has 4 rings (SSSR count). The van der Waals surface area contributed by atoms with Crippen LogP contribution in [0.2, 0.25) is 0 Å². The van der Waals surface area contributed by atoms with E-state index in [2.05, 4.69) is 15.4 Å². The van der Waals surface area contributed by atoms with Crippen LogP contribution in [0.15, 0.2) is 23.1 Å². The fourth-order valence-corrected chi connectivity index (χ4v) is 5.06. The summed E-state index contributed by atoms with van der Waals surface area (Å²) in [6.07, 6.45) is 12.9. The average Bonchev–Trinajstić information content (AvgIpc) is 3.32. The Morgan fingerprint density at radius 2 is 1.84 bits per heavy atom. The van der Waals surface area contributed by atoms with Crippen molar-refractivity contribution in [3.8, 4) is 0 Å². The van der Waals surface area contributed by atoms with Gasteiger partial charge in [0.2, 0.25) is 0 Å². The Labute approximate surface area is 188 Å². The largest absolute Gasteiger partial charge is 0.380 e. The van der Waals surface area contributed by atoms with Crippen LogP contribution in [-0.4, -0.2) is 16.6 Å². The highest BCUT2D eigenvalue weighted by molar-refractivity contribution is 5.83. The molecule has 0 unspecified atom stereocenters. The molecule has 1 aromatic carbocycles. The number of fused-ring (bicyclic) bond motifs is 1. The van der Waals surface area contributed by atoms with Gasteiger partial charge in [0.25, 0.3) is 0 Å². The number of aromatic nitrogens is 1. The van der Waals surface area contributed by atoms with Crippen LogP contribution in [-0.2, 0) is 16.2 Å². The number of hydrogen-bond acceptors (Lipinski definition) is 5. The molecule has 0 bridgehead atoms. The second-order valence-electron chi connectivity index (χ2n) is 9.20. The molecule has 2 N–H and O–H groups in total. The zero-order chi connectivity index (χ0) is 22.5. The van der Waals surface area contributed by atoms with E-state index in [4.69, 9.17) is 4.84 Å². The molecular formula is C25H34FN3O3. The Bertz CT molecular complexity index is 1010. The second kappa shape index (κ2) is 10.5. The van der Waals surface area contributed by atoms with Gasteiger partial charge in [0.15, 0.2) is 5.43 Å². The first kappa shape index (κ1) is 22.8. The zero-order valence-electron chi connectivity index (χ0n) is 18.9. The molecule has 6 nitrogen and oxygen atoms in total. The smallest absolute Gasteiger partial charge is 0.324 e. The molecule has 32 heavy (non-hydrogen) atoms. The highest BCUT2D eigenvalue weighted by Gasteiger charge is 2.22. The van der Waals surface area contributed by atoms with Crippen molar-refractivity contribution in [1.82, 2.24) is 10.0 Å². The molecule has 2 fully saturated rings. The van der Waals surface area contributed by atoms with Crippen molar-refractivity contribution < 1.29 is 14.0 Å². The summed E-state index contributed by atoms with van der Waals surface area (Å²) in [5, 5.41) is 3.77. The third kappa shape index (κ3) is 5.14. The number of hydrogen-bond donors (Lipinski definition) is 2. The van der Waals surface area contributed by atoms with Gasteiger partial charge in [0.1, 0.15) is 5.82 Å². The Morgan fingerprint density at radius 1 is 1.12 bits per heavy atom. The van der Waals surface area contributed by atoms with E-state index in [-0.39, 0.29) is 30.0 Å². The van der Waals surface area contributed by atoms with Crippen LogP contribution >= 0.6 is 0 Å². The maximum atomic E-state index is 15.0. The summed E-state index contributed by atoms with van der Waals surface area (Å²) in [6.45, 7) is 2.00. The van der Waals surface area contributed by atoms with Crippen LogP contribution in [0.4, 0.5) is 10.1 Å². The third-order valence-electron chi connectivity index (χ3n) is 6.78. The minimum Gasteiger partial charge on any atom is -0.380 e. The molecule has 2 aliphatic carbocycles. The second-order valence-corrected chi connectivity index (χ2v) is 9.20. The van der Waals surface area contributed by atoms with Gasteiger partial charge in [-0.3, -0.25) is 9.59 Å². The van der Waals surface area contributed by atoms with Gasteiger partial charge in [0.05, 0.1) is 17.7 Å². The highest BCUT2D eigenvalue weighted by Crippen LogP contribution is 2.33. The van der Waals surface area contributed by atoms with Gasteiger partial charge < -0.3 is 14.7 Å². The molecule has 0 amide bonds. The van der Waals surface area contributed by atoms with Crippen LogP contribution in [0.1, 0.15) is 89.2 Å². The normalized spacial score (nSPS) is 17.7. The average molecular weight is 444 g/mol. The van der Waals surface area contributed by atoms with Crippen molar-refractivity contribution in [2.24, 2.45) is 0 Å². The summed E-state index contributed by atoms with van der Waals surface area (Å²) in [6, 6.07) is 3.76. The monoisotopic (exact) mass is 443 g/mol. The predicted molar refractivity (Wildman–Crippen MR) is 124 cm³/mol. The summed E-state index contributed by atoms with van der Waals surface area (Å²) in [7, 11) is 0. The molecule has 7 heteroatoms. The number of anilines is 1. The van der Waals surface area contributed by atoms with Gasteiger partial charge in [-0.2, -0.15) is 0 Å². The molecule has 174 valence electrons. The van der Waals surface area contributed by atoms with Crippen molar-refractivity contribution >= 4 is 22.6 Å². The van der Waals surface area contributed by atoms with Gasteiger partial charge in [-0.1, -0.05) is 39.0 Å². The van der Waals surface area contributed by atoms with Crippen LogP contribution in [0, 0.1) is 5.82 Å². The molecule has 0 atom stereocenters. The Morgan fingerprint density at radius 3 is 2.56 bits per heavy atom. The molecule has 2 aliphatic rings. The highest BCUT2D eigenvalue weighted by atomic mass is 19.1. The summed E-state index contributed by atoms with van der Waals surface area (Å²) in [4.78, 5) is 29.8. The SMILES string of the molecule is CCCC(=O)ONCc1cn(C2CCCC2)c2cc(NC3CCCCC3)c(F)cc2c1=O. The minimum atomic E-state index is -0.391. The van der Waals surface area contributed by atoms with Crippen molar-refractivity contribution in [3.63, 3.8) is 0 Å². The summed E-state index contributed by atoms with van der Waals surface area (Å²) in [5.41, 5.74) is 4.12. The van der Waals surface area contributed by atoms with Gasteiger partial charge in [-0.25, -0.2) is 4.39 Å². The molecule has 1 aromatic heterocycles. The van der Waals surface area contributed by atoms with Crippen molar-refractivity contribution in [2.75, 3.05) is 5.32 Å². The third-order valence-corrected chi connectivity index (χ3v) is 6.78. The van der Waals surface area contributed by atoms with Crippen LogP contribution in [0.3, 0.4) is 0 Å². The number of hydroxylamine groups is 1. The molecule has 2 saturated carbocycles. The summed E-state index contributed by atoms with van der Waals surface area (Å²) in [5.74, 6) is -0.744. The van der Waals surface area contributed by atoms with E-state index in [0.29, 0.717) is 29.5 Å². The number of pyridine rings is 1. The fraction of sp³-hybridized carbons (Fsp3) is 0.600. The molecule has 0 radical (unpaired) electrons. The van der Waals surface area contributed by atoms with Crippen LogP contribution in [0.5, 0.6) is 0 Å². The van der Waals surface area contributed by atoms with Gasteiger partial charge in [-0.15, -0.1) is 5.48 Å². The van der Waals surface area contributed by atoms with Crippen LogP contribution in [0.25, 0.3) is 10.9 Å². The molecule has 2 aromatic rings. The van der Waals surface area contributed by atoms with Crippen molar-refractivity contribution in [3.05, 3.63) is 39.9 Å². The van der Waals surface area contributed by atoms with E-state index in [0.717, 1.165) is 44.0 Å². The van der Waals surface area contributed by atoms with Gasteiger partial charge >= 0.3 is 5.97 Å². The Hall–Kier alpha value is -2.41. The quantitative estimate of drug-likeness (QED) is 0.538. The maximum Gasteiger partial charge on any atom is 0.324 e. The number of rotatable bonds is 8. The summed E-state index contributed by atoms with van der Waals surface area (Å²) < 4.78 is 17.2. The lowest BCUT2D eigenvalue weighted by molar-refractivity contribution is -0.151. The first-order valence-corrected chi connectivity index (χ1v) is 12.1. The van der Waals surface area contributed by atoms with E-state index in [9.17, 15) is 9.59 Å². The lowest BCUT2D eigenvalue weighted by Gasteiger charge is -2.25. The molecule has 0 spiro atoms. The molecule has 0 aliphatic heterocycles. The number of benzene rings is 1. The lowest BCUT2D eigenvalue weighted by atomic mass is 9.95. The maximum absolute atomic E-state index is 15.0. The van der Waals surface area contributed by atoms with E-state index in [1.54, 1.807) is 0 Å². The lowest BCUT2D eigenvalue weighted by Crippen LogP contribution is -2.26.